The Morgan fingerprint density at radius 1 is 0.333 bits per heavy atom. The molecule has 0 fully saturated rings. The number of carbonyl (C=O) groups is 4. The second-order valence-electron chi connectivity index (χ2n) is 15.0. The second kappa shape index (κ2) is 22.0. The Morgan fingerprint density at radius 2 is 0.633 bits per heavy atom. The summed E-state index contributed by atoms with van der Waals surface area (Å²) in [5.74, 6) is -0.905. The quantitative estimate of drug-likeness (QED) is 0.0427. The monoisotopic (exact) mass is 804 g/mol. The first kappa shape index (κ1) is 43.0. The molecule has 0 N–H and O–H groups in total. The molecule has 0 aromatic heterocycles. The number of hydrogen-bond donors (Lipinski definition) is 0. The SMILES string of the molecule is CCCCCCCc1ccc(C(=O)Oc2ccc(C(=O)Oc3ccc4ccc(OC(=O)c5ccc(OC(=O)c6ccc(CCCCCCC)cc6)cc5)cc4c3)cc2)cc1. The molecule has 0 atom stereocenters. The molecular formula is C52H52O8. The number of ether oxygens (including phenoxy) is 4. The van der Waals surface area contributed by atoms with Crippen molar-refractivity contribution in [2.75, 3.05) is 0 Å². The maximum atomic E-state index is 13.0. The van der Waals surface area contributed by atoms with Crippen LogP contribution >= 0.6 is 0 Å². The van der Waals surface area contributed by atoms with Crippen LogP contribution in [0, 0.1) is 0 Å². The lowest BCUT2D eigenvalue weighted by molar-refractivity contribution is 0.0720. The van der Waals surface area contributed by atoms with Crippen molar-refractivity contribution in [3.63, 3.8) is 0 Å². The molecule has 0 heterocycles. The third-order valence-electron chi connectivity index (χ3n) is 10.3. The molecule has 308 valence electrons. The first-order chi connectivity index (χ1) is 29.3. The lowest BCUT2D eigenvalue weighted by Gasteiger charge is -2.09. The van der Waals surface area contributed by atoms with Crippen LogP contribution < -0.4 is 18.9 Å². The molecule has 6 aromatic carbocycles. The Balaban J connectivity index is 0.976. The van der Waals surface area contributed by atoms with Gasteiger partial charge < -0.3 is 18.9 Å². The van der Waals surface area contributed by atoms with Crippen LogP contribution in [-0.4, -0.2) is 23.9 Å². The fourth-order valence-electron chi connectivity index (χ4n) is 6.79. The Labute approximate surface area is 352 Å². The van der Waals surface area contributed by atoms with Crippen LogP contribution in [-0.2, 0) is 12.8 Å². The number of rotatable bonds is 20. The van der Waals surface area contributed by atoms with Crippen LogP contribution in [0.5, 0.6) is 23.0 Å². The van der Waals surface area contributed by atoms with E-state index < -0.39 is 23.9 Å². The highest BCUT2D eigenvalue weighted by molar-refractivity contribution is 5.95. The van der Waals surface area contributed by atoms with Crippen LogP contribution in [0.2, 0.25) is 0 Å². The van der Waals surface area contributed by atoms with E-state index in [4.69, 9.17) is 18.9 Å². The smallest absolute Gasteiger partial charge is 0.343 e. The molecule has 0 aliphatic carbocycles. The van der Waals surface area contributed by atoms with Gasteiger partial charge in [0.15, 0.2) is 0 Å². The maximum Gasteiger partial charge on any atom is 0.343 e. The molecule has 0 saturated heterocycles. The number of hydrogen-bond acceptors (Lipinski definition) is 8. The van der Waals surface area contributed by atoms with Crippen LogP contribution in [0.1, 0.15) is 131 Å². The molecule has 0 aliphatic rings. The summed E-state index contributed by atoms with van der Waals surface area (Å²) < 4.78 is 22.4. The van der Waals surface area contributed by atoms with Gasteiger partial charge in [-0.1, -0.05) is 102 Å². The van der Waals surface area contributed by atoms with Crippen molar-refractivity contribution in [2.45, 2.75) is 90.9 Å². The minimum Gasteiger partial charge on any atom is -0.423 e. The number of unbranched alkanes of at least 4 members (excludes halogenated alkanes) is 8. The van der Waals surface area contributed by atoms with Gasteiger partial charge in [-0.05, 0) is 145 Å². The third-order valence-corrected chi connectivity index (χ3v) is 10.3. The summed E-state index contributed by atoms with van der Waals surface area (Å²) in [5.41, 5.74) is 3.86. The van der Waals surface area contributed by atoms with E-state index in [9.17, 15) is 19.2 Å². The maximum absolute atomic E-state index is 13.0. The molecule has 0 bridgehead atoms. The molecule has 0 saturated carbocycles. The van der Waals surface area contributed by atoms with Gasteiger partial charge in [0.25, 0.3) is 0 Å². The minimum absolute atomic E-state index is 0.277. The van der Waals surface area contributed by atoms with E-state index in [0.29, 0.717) is 39.5 Å². The highest BCUT2D eigenvalue weighted by Crippen LogP contribution is 2.27. The predicted octanol–water partition coefficient (Wildman–Crippen LogP) is 12.7. The fraction of sp³-hybridized carbons (Fsp3) is 0.269. The van der Waals surface area contributed by atoms with Gasteiger partial charge in [0.1, 0.15) is 23.0 Å². The van der Waals surface area contributed by atoms with E-state index >= 15 is 0 Å². The second-order valence-corrected chi connectivity index (χ2v) is 15.0. The van der Waals surface area contributed by atoms with Crippen LogP contribution in [0.15, 0.2) is 133 Å². The third kappa shape index (κ3) is 12.7. The Kier molecular flexibility index (Phi) is 15.8. The van der Waals surface area contributed by atoms with Gasteiger partial charge in [-0.3, -0.25) is 0 Å². The first-order valence-electron chi connectivity index (χ1n) is 21.1. The lowest BCUT2D eigenvalue weighted by atomic mass is 10.0. The molecule has 8 nitrogen and oxygen atoms in total. The summed E-state index contributed by atoms with van der Waals surface area (Å²) >= 11 is 0. The van der Waals surface area contributed by atoms with Crippen molar-refractivity contribution in [2.24, 2.45) is 0 Å². The molecule has 0 radical (unpaired) electrons. The van der Waals surface area contributed by atoms with Gasteiger partial charge >= 0.3 is 23.9 Å². The zero-order valence-corrected chi connectivity index (χ0v) is 34.5. The molecule has 60 heavy (non-hydrogen) atoms. The van der Waals surface area contributed by atoms with Crippen molar-refractivity contribution in [3.05, 3.63) is 167 Å². The highest BCUT2D eigenvalue weighted by Gasteiger charge is 2.15. The molecule has 0 spiro atoms. The number of aryl methyl sites for hydroxylation is 2. The van der Waals surface area contributed by atoms with E-state index in [1.54, 1.807) is 84.9 Å². The average Bonchev–Trinajstić information content (AvgIpc) is 3.27. The van der Waals surface area contributed by atoms with E-state index in [1.807, 2.05) is 24.3 Å². The summed E-state index contributed by atoms with van der Waals surface area (Å²) in [6.07, 6.45) is 14.1. The lowest BCUT2D eigenvalue weighted by Crippen LogP contribution is -2.10. The summed E-state index contributed by atoms with van der Waals surface area (Å²) in [4.78, 5) is 51.6. The Bertz CT molecular complexity index is 2180. The van der Waals surface area contributed by atoms with Gasteiger partial charge in [0, 0.05) is 0 Å². The number of esters is 4. The van der Waals surface area contributed by atoms with E-state index in [0.717, 1.165) is 31.1 Å². The summed E-state index contributed by atoms with van der Waals surface area (Å²) in [5, 5.41) is 1.54. The highest BCUT2D eigenvalue weighted by atomic mass is 16.5. The van der Waals surface area contributed by atoms with Crippen molar-refractivity contribution in [3.8, 4) is 23.0 Å². The van der Waals surface area contributed by atoms with E-state index in [-0.39, 0.29) is 11.1 Å². The molecule has 0 aliphatic heterocycles. The topological polar surface area (TPSA) is 105 Å². The van der Waals surface area contributed by atoms with Crippen molar-refractivity contribution in [1.29, 1.82) is 0 Å². The van der Waals surface area contributed by atoms with Crippen LogP contribution in [0.25, 0.3) is 10.8 Å². The molecule has 8 heteroatoms. The van der Waals surface area contributed by atoms with Gasteiger partial charge in [-0.15, -0.1) is 0 Å². The van der Waals surface area contributed by atoms with Crippen molar-refractivity contribution in [1.82, 2.24) is 0 Å². The first-order valence-corrected chi connectivity index (χ1v) is 21.1. The Morgan fingerprint density at radius 3 is 0.983 bits per heavy atom. The van der Waals surface area contributed by atoms with Gasteiger partial charge in [-0.25, -0.2) is 19.2 Å². The van der Waals surface area contributed by atoms with Gasteiger partial charge in [0.05, 0.1) is 22.3 Å². The number of carbonyl (C=O) groups excluding carboxylic acids is 4. The summed E-state index contributed by atoms with van der Waals surface area (Å²) in [6, 6.07) is 37.7. The summed E-state index contributed by atoms with van der Waals surface area (Å²) in [7, 11) is 0. The molecule has 6 aromatic rings. The summed E-state index contributed by atoms with van der Waals surface area (Å²) in [6.45, 7) is 4.41. The van der Waals surface area contributed by atoms with E-state index in [2.05, 4.69) is 13.8 Å². The zero-order valence-electron chi connectivity index (χ0n) is 34.5. The number of fused-ring (bicyclic) bond motifs is 1. The van der Waals surface area contributed by atoms with Crippen molar-refractivity contribution >= 4 is 34.6 Å². The average molecular weight is 805 g/mol. The number of benzene rings is 6. The van der Waals surface area contributed by atoms with Crippen LogP contribution in [0.3, 0.4) is 0 Å². The Hall–Kier alpha value is -6.54. The van der Waals surface area contributed by atoms with Gasteiger partial charge in [-0.2, -0.15) is 0 Å². The minimum atomic E-state index is -0.587. The fourth-order valence-corrected chi connectivity index (χ4v) is 6.79. The molecule has 0 amide bonds. The molecular weight excluding hydrogens is 753 g/mol. The normalized spacial score (nSPS) is 10.9. The molecule has 6 rings (SSSR count). The molecule has 0 unspecified atom stereocenters. The van der Waals surface area contributed by atoms with Gasteiger partial charge in [0.2, 0.25) is 0 Å². The van der Waals surface area contributed by atoms with E-state index in [1.165, 1.54) is 86.8 Å². The van der Waals surface area contributed by atoms with Crippen LogP contribution in [0.4, 0.5) is 0 Å². The zero-order chi connectivity index (χ0) is 42.1. The van der Waals surface area contributed by atoms with Crippen molar-refractivity contribution < 1.29 is 38.1 Å². The largest absolute Gasteiger partial charge is 0.423 e. The predicted molar refractivity (Wildman–Crippen MR) is 234 cm³/mol. The standard InChI is InChI=1S/C52H52O8/c1-3-5-7-9-11-13-37-15-19-40(20-16-37)49(53)57-45-29-25-42(26-30-45)51(55)59-47-33-23-39-24-34-48(36-44(39)35-47)60-52(56)43-27-31-46(32-28-43)58-50(54)41-21-17-38(18-22-41)14-12-10-8-6-4-2/h15-36H,3-14H2,1-2H3.